The molecule has 388 valence electrons. The second kappa shape index (κ2) is 55.5. The SMILES string of the molecule is CCCCCCC/C=C\CCCCCCCC(=O)OCC(COC(=O)CCCCCCCCC/C=C\CCCCCCCC)OC(=O)CCCCCCCCCCCCCCCCCCC. The van der Waals surface area contributed by atoms with Crippen LogP contribution in [0.1, 0.15) is 323 Å². The van der Waals surface area contributed by atoms with E-state index < -0.39 is 6.10 Å². The second-order valence-electron chi connectivity index (χ2n) is 19.9. The maximum atomic E-state index is 12.9. The number of unbranched alkanes of at least 4 members (excludes halogenated alkanes) is 39. The van der Waals surface area contributed by atoms with Gasteiger partial charge in [0.1, 0.15) is 13.2 Å². The van der Waals surface area contributed by atoms with Crippen molar-refractivity contribution in [3.05, 3.63) is 24.3 Å². The Bertz CT molecular complexity index is 1070. The van der Waals surface area contributed by atoms with Gasteiger partial charge in [-0.3, -0.25) is 14.4 Å². The topological polar surface area (TPSA) is 78.9 Å². The first-order chi connectivity index (χ1) is 32.5. The zero-order chi connectivity index (χ0) is 47.9. The fourth-order valence-corrected chi connectivity index (χ4v) is 8.73. The number of carbonyl (C=O) groups excluding carboxylic acids is 3. The molecule has 0 spiro atoms. The Morgan fingerprint density at radius 2 is 0.500 bits per heavy atom. The minimum Gasteiger partial charge on any atom is -0.462 e. The van der Waals surface area contributed by atoms with Crippen LogP contribution in [-0.2, 0) is 28.6 Å². The van der Waals surface area contributed by atoms with Crippen molar-refractivity contribution in [2.24, 2.45) is 0 Å². The first-order valence-electron chi connectivity index (χ1n) is 29.3. The predicted octanol–water partition coefficient (Wildman–Crippen LogP) is 19.5. The Balaban J connectivity index is 4.34. The molecule has 0 aliphatic carbocycles. The van der Waals surface area contributed by atoms with Crippen molar-refractivity contribution in [3.63, 3.8) is 0 Å². The molecule has 0 aliphatic rings. The van der Waals surface area contributed by atoms with Gasteiger partial charge >= 0.3 is 17.9 Å². The summed E-state index contributed by atoms with van der Waals surface area (Å²) >= 11 is 0. The smallest absolute Gasteiger partial charge is 0.306 e. The number of allylic oxidation sites excluding steroid dienone is 4. The lowest BCUT2D eigenvalue weighted by atomic mass is 10.0. The molecule has 0 aromatic heterocycles. The van der Waals surface area contributed by atoms with Gasteiger partial charge in [-0.05, 0) is 70.6 Å². The van der Waals surface area contributed by atoms with Gasteiger partial charge < -0.3 is 14.2 Å². The zero-order valence-electron chi connectivity index (χ0n) is 44.5. The summed E-state index contributed by atoms with van der Waals surface area (Å²) < 4.78 is 16.9. The lowest BCUT2D eigenvalue weighted by molar-refractivity contribution is -0.167. The molecule has 1 atom stereocenters. The van der Waals surface area contributed by atoms with E-state index in [0.29, 0.717) is 19.3 Å². The fourth-order valence-electron chi connectivity index (χ4n) is 8.73. The zero-order valence-corrected chi connectivity index (χ0v) is 44.5. The standard InChI is InChI=1S/C60H112O6/c1-4-7-10-13-16-19-22-25-28-30-32-35-38-41-44-47-50-53-59(62)65-56-57(55-64-58(61)52-49-46-43-40-37-34-27-24-21-18-15-12-9-6-3)66-60(63)54-51-48-45-42-39-36-33-31-29-26-23-20-17-14-11-8-5-2/h24-25,27-28,57H,4-23,26,29-56H2,1-3H3/b27-24-,28-25-. The van der Waals surface area contributed by atoms with Crippen LogP contribution in [0.5, 0.6) is 0 Å². The summed E-state index contributed by atoms with van der Waals surface area (Å²) in [5.74, 6) is -0.863. The quantitative estimate of drug-likeness (QED) is 0.0262. The molecule has 0 N–H and O–H groups in total. The lowest BCUT2D eigenvalue weighted by Gasteiger charge is -2.18. The molecule has 0 radical (unpaired) electrons. The molecule has 0 saturated carbocycles. The molecular weight excluding hydrogens is 817 g/mol. The van der Waals surface area contributed by atoms with E-state index in [-0.39, 0.29) is 31.1 Å². The van der Waals surface area contributed by atoms with Crippen molar-refractivity contribution >= 4 is 17.9 Å². The summed E-state index contributed by atoms with van der Waals surface area (Å²) in [6.45, 7) is 6.67. The van der Waals surface area contributed by atoms with Crippen LogP contribution in [0.25, 0.3) is 0 Å². The van der Waals surface area contributed by atoms with Gasteiger partial charge in [0.15, 0.2) is 6.10 Å². The number of rotatable bonds is 54. The van der Waals surface area contributed by atoms with Crippen molar-refractivity contribution in [2.45, 2.75) is 329 Å². The first-order valence-corrected chi connectivity index (χ1v) is 29.3. The van der Waals surface area contributed by atoms with Gasteiger partial charge in [-0.15, -0.1) is 0 Å². The Morgan fingerprint density at radius 1 is 0.288 bits per heavy atom. The number of carbonyl (C=O) groups is 3. The van der Waals surface area contributed by atoms with Crippen LogP contribution in [-0.4, -0.2) is 37.2 Å². The summed E-state index contributed by atoms with van der Waals surface area (Å²) in [5, 5.41) is 0. The van der Waals surface area contributed by atoms with Crippen molar-refractivity contribution in [3.8, 4) is 0 Å². The third-order valence-electron chi connectivity index (χ3n) is 13.2. The van der Waals surface area contributed by atoms with Crippen LogP contribution >= 0.6 is 0 Å². The van der Waals surface area contributed by atoms with Gasteiger partial charge in [0.05, 0.1) is 0 Å². The molecule has 1 unspecified atom stereocenters. The van der Waals surface area contributed by atoms with Crippen molar-refractivity contribution < 1.29 is 28.6 Å². The summed E-state index contributed by atoms with van der Waals surface area (Å²) in [7, 11) is 0. The van der Waals surface area contributed by atoms with Gasteiger partial charge in [-0.25, -0.2) is 0 Å². The predicted molar refractivity (Wildman–Crippen MR) is 284 cm³/mol. The Kier molecular flexibility index (Phi) is 53.7. The highest BCUT2D eigenvalue weighted by molar-refractivity contribution is 5.71. The molecule has 0 aromatic rings. The van der Waals surface area contributed by atoms with Crippen LogP contribution in [0.15, 0.2) is 24.3 Å². The van der Waals surface area contributed by atoms with E-state index in [4.69, 9.17) is 14.2 Å². The molecule has 0 saturated heterocycles. The van der Waals surface area contributed by atoms with Crippen LogP contribution in [0, 0.1) is 0 Å². The summed E-state index contributed by atoms with van der Waals surface area (Å²) in [6, 6.07) is 0. The van der Waals surface area contributed by atoms with Crippen molar-refractivity contribution in [1.82, 2.24) is 0 Å². The largest absolute Gasteiger partial charge is 0.462 e. The van der Waals surface area contributed by atoms with Crippen molar-refractivity contribution in [1.29, 1.82) is 0 Å². The van der Waals surface area contributed by atoms with Gasteiger partial charge in [0.25, 0.3) is 0 Å². The molecule has 0 heterocycles. The highest BCUT2D eigenvalue weighted by atomic mass is 16.6. The lowest BCUT2D eigenvalue weighted by Crippen LogP contribution is -2.30. The minimum atomic E-state index is -0.772. The van der Waals surface area contributed by atoms with E-state index in [9.17, 15) is 14.4 Å². The van der Waals surface area contributed by atoms with Gasteiger partial charge in [-0.1, -0.05) is 257 Å². The molecule has 0 bridgehead atoms. The highest BCUT2D eigenvalue weighted by Gasteiger charge is 2.19. The van der Waals surface area contributed by atoms with E-state index in [1.807, 2.05) is 0 Å². The maximum absolute atomic E-state index is 12.9. The third-order valence-corrected chi connectivity index (χ3v) is 13.2. The average Bonchev–Trinajstić information content (AvgIpc) is 3.31. The third kappa shape index (κ3) is 52.9. The molecule has 0 aromatic carbocycles. The van der Waals surface area contributed by atoms with Crippen LogP contribution in [0.4, 0.5) is 0 Å². The summed E-state index contributed by atoms with van der Waals surface area (Å²) in [6.07, 6.45) is 64.5. The normalized spacial score (nSPS) is 12.1. The van der Waals surface area contributed by atoms with Gasteiger partial charge in [0, 0.05) is 19.3 Å². The van der Waals surface area contributed by atoms with Crippen LogP contribution in [0.3, 0.4) is 0 Å². The molecule has 0 aliphatic heterocycles. The number of esters is 3. The number of hydrogen-bond acceptors (Lipinski definition) is 6. The maximum Gasteiger partial charge on any atom is 0.306 e. The summed E-state index contributed by atoms with van der Waals surface area (Å²) in [4.78, 5) is 38.2. The molecule has 0 fully saturated rings. The molecular formula is C60H112O6. The van der Waals surface area contributed by atoms with E-state index in [1.165, 1.54) is 218 Å². The van der Waals surface area contributed by atoms with Crippen LogP contribution in [0.2, 0.25) is 0 Å². The Morgan fingerprint density at radius 3 is 0.758 bits per heavy atom. The highest BCUT2D eigenvalue weighted by Crippen LogP contribution is 2.17. The number of ether oxygens (including phenoxy) is 3. The molecule has 6 nitrogen and oxygen atoms in total. The monoisotopic (exact) mass is 929 g/mol. The molecule has 0 amide bonds. The van der Waals surface area contributed by atoms with E-state index >= 15 is 0 Å². The fraction of sp³-hybridized carbons (Fsp3) is 0.883. The minimum absolute atomic E-state index is 0.0718. The molecule has 6 heteroatoms. The second-order valence-corrected chi connectivity index (χ2v) is 19.9. The van der Waals surface area contributed by atoms with Gasteiger partial charge in [0.2, 0.25) is 0 Å². The Labute approximate surface area is 411 Å². The van der Waals surface area contributed by atoms with E-state index in [1.54, 1.807) is 0 Å². The van der Waals surface area contributed by atoms with E-state index in [2.05, 4.69) is 45.1 Å². The van der Waals surface area contributed by atoms with E-state index in [0.717, 1.165) is 64.2 Å². The molecule has 66 heavy (non-hydrogen) atoms. The number of hydrogen-bond donors (Lipinski definition) is 0. The van der Waals surface area contributed by atoms with Crippen molar-refractivity contribution in [2.75, 3.05) is 13.2 Å². The summed E-state index contributed by atoms with van der Waals surface area (Å²) in [5.41, 5.74) is 0. The van der Waals surface area contributed by atoms with Gasteiger partial charge in [-0.2, -0.15) is 0 Å². The molecule has 0 rings (SSSR count). The average molecular weight is 930 g/mol. The van der Waals surface area contributed by atoms with Crippen LogP contribution < -0.4 is 0 Å². The Hall–Kier alpha value is -2.11. The first kappa shape index (κ1) is 63.9.